The molecule has 1 aromatic carbocycles. The van der Waals surface area contributed by atoms with Gasteiger partial charge in [-0.1, -0.05) is 29.5 Å². The topological polar surface area (TPSA) is 135 Å². The summed E-state index contributed by atoms with van der Waals surface area (Å²) in [5.74, 6) is 0.291. The van der Waals surface area contributed by atoms with Crippen LogP contribution in [0.4, 0.5) is 15.3 Å². The zero-order valence-corrected chi connectivity index (χ0v) is 21.6. The van der Waals surface area contributed by atoms with Gasteiger partial charge in [0.05, 0.1) is 24.4 Å². The molecule has 0 bridgehead atoms. The molecule has 4 heterocycles. The molecule has 0 radical (unpaired) electrons. The minimum Gasteiger partial charge on any atom is -0.463 e. The van der Waals surface area contributed by atoms with Crippen LogP contribution in [0.3, 0.4) is 0 Å². The van der Waals surface area contributed by atoms with Gasteiger partial charge >= 0.3 is 0 Å². The molecule has 13 heteroatoms. The van der Waals surface area contributed by atoms with Crippen molar-refractivity contribution in [3.05, 3.63) is 82.8 Å². The van der Waals surface area contributed by atoms with Crippen molar-refractivity contribution < 1.29 is 18.7 Å². The van der Waals surface area contributed by atoms with Crippen LogP contribution < -0.4 is 20.3 Å². The standard InChI is InChI=1S/C26H25FN8O3S/c27-16-38-20-6-3-4-17(12-20)13-23(36)30-22-8-7-21(31-32-22)18-9-11-35(15-18)26-34-33-25(39-26)24(37)29-14-19-5-1-2-10-28-19/h1-8,10,12,18H,9,11,13-16H2,(H,29,37)(H,30,32,36). The third-order valence-electron chi connectivity index (χ3n) is 6.08. The Labute approximate surface area is 227 Å². The van der Waals surface area contributed by atoms with Crippen LogP contribution >= 0.6 is 11.3 Å². The lowest BCUT2D eigenvalue weighted by atomic mass is 10.1. The Morgan fingerprint density at radius 3 is 2.79 bits per heavy atom. The van der Waals surface area contributed by atoms with E-state index in [-0.39, 0.29) is 24.2 Å². The summed E-state index contributed by atoms with van der Waals surface area (Å²) >= 11 is 1.25. The highest BCUT2D eigenvalue weighted by molar-refractivity contribution is 7.17. The molecule has 200 valence electrons. The zero-order valence-electron chi connectivity index (χ0n) is 20.8. The average Bonchev–Trinajstić information content (AvgIpc) is 3.64. The van der Waals surface area contributed by atoms with Gasteiger partial charge in [0.15, 0.2) is 5.82 Å². The maximum Gasteiger partial charge on any atom is 0.282 e. The number of hydrogen-bond acceptors (Lipinski definition) is 10. The molecule has 2 amide bonds. The summed E-state index contributed by atoms with van der Waals surface area (Å²) in [7, 11) is 0. The second-order valence-electron chi connectivity index (χ2n) is 8.79. The molecule has 1 atom stereocenters. The van der Waals surface area contributed by atoms with E-state index >= 15 is 0 Å². The van der Waals surface area contributed by atoms with E-state index in [4.69, 9.17) is 4.74 Å². The van der Waals surface area contributed by atoms with Crippen LogP contribution in [0.25, 0.3) is 0 Å². The van der Waals surface area contributed by atoms with Crippen LogP contribution in [-0.4, -0.2) is 57.1 Å². The molecule has 0 spiro atoms. The molecule has 0 aliphatic carbocycles. The molecule has 1 unspecified atom stereocenters. The van der Waals surface area contributed by atoms with Gasteiger partial charge in [0.2, 0.25) is 22.9 Å². The summed E-state index contributed by atoms with van der Waals surface area (Å²) in [6.45, 7) is 0.808. The molecular formula is C26H25FN8O3S. The van der Waals surface area contributed by atoms with E-state index in [1.54, 1.807) is 36.5 Å². The van der Waals surface area contributed by atoms with E-state index in [1.807, 2.05) is 24.3 Å². The highest BCUT2D eigenvalue weighted by Crippen LogP contribution is 2.31. The maximum atomic E-state index is 12.5. The monoisotopic (exact) mass is 548 g/mol. The Balaban J connectivity index is 1.12. The van der Waals surface area contributed by atoms with Crippen molar-refractivity contribution in [2.24, 2.45) is 0 Å². The van der Waals surface area contributed by atoms with Crippen LogP contribution in [0.5, 0.6) is 5.75 Å². The Hall–Kier alpha value is -4.52. The summed E-state index contributed by atoms with van der Waals surface area (Å²) in [5, 5.41) is 23.3. The number of carbonyl (C=O) groups excluding carboxylic acids is 2. The predicted molar refractivity (Wildman–Crippen MR) is 142 cm³/mol. The third-order valence-corrected chi connectivity index (χ3v) is 7.06. The molecular weight excluding hydrogens is 523 g/mol. The lowest BCUT2D eigenvalue weighted by molar-refractivity contribution is -0.115. The van der Waals surface area contributed by atoms with Crippen molar-refractivity contribution in [2.45, 2.75) is 25.3 Å². The van der Waals surface area contributed by atoms with E-state index in [2.05, 4.69) is 40.9 Å². The van der Waals surface area contributed by atoms with Crippen molar-refractivity contribution in [1.29, 1.82) is 0 Å². The number of nitrogens with one attached hydrogen (secondary N) is 2. The Bertz CT molecular complexity index is 1420. The molecule has 1 fully saturated rings. The largest absolute Gasteiger partial charge is 0.463 e. The minimum absolute atomic E-state index is 0.0928. The third kappa shape index (κ3) is 6.87. The highest BCUT2D eigenvalue weighted by atomic mass is 32.1. The van der Waals surface area contributed by atoms with Crippen molar-refractivity contribution in [1.82, 2.24) is 30.7 Å². The first kappa shape index (κ1) is 26.1. The molecule has 1 aliphatic rings. The van der Waals surface area contributed by atoms with Crippen molar-refractivity contribution in [3.63, 3.8) is 0 Å². The van der Waals surface area contributed by atoms with Gasteiger partial charge in [-0.05, 0) is 48.4 Å². The Morgan fingerprint density at radius 2 is 2.00 bits per heavy atom. The number of anilines is 2. The van der Waals surface area contributed by atoms with E-state index in [9.17, 15) is 14.0 Å². The first-order chi connectivity index (χ1) is 19.1. The number of aromatic nitrogens is 5. The number of carbonyl (C=O) groups is 2. The van der Waals surface area contributed by atoms with Crippen LogP contribution in [0.1, 0.15) is 39.1 Å². The van der Waals surface area contributed by atoms with Crippen LogP contribution in [0, 0.1) is 0 Å². The molecule has 11 nitrogen and oxygen atoms in total. The molecule has 4 aromatic rings. The van der Waals surface area contributed by atoms with Crippen molar-refractivity contribution in [2.75, 3.05) is 30.2 Å². The first-order valence-electron chi connectivity index (χ1n) is 12.2. The van der Waals surface area contributed by atoms with E-state index in [1.165, 1.54) is 11.3 Å². The summed E-state index contributed by atoms with van der Waals surface area (Å²) in [6, 6.07) is 15.8. The summed E-state index contributed by atoms with van der Waals surface area (Å²) in [4.78, 5) is 31.2. The van der Waals surface area contributed by atoms with Crippen molar-refractivity contribution >= 4 is 34.1 Å². The summed E-state index contributed by atoms with van der Waals surface area (Å²) < 4.78 is 17.2. The number of hydrogen-bond donors (Lipinski definition) is 2. The summed E-state index contributed by atoms with van der Waals surface area (Å²) in [6.07, 6.45) is 2.62. The Morgan fingerprint density at radius 1 is 1.08 bits per heavy atom. The molecule has 3 aromatic heterocycles. The van der Waals surface area contributed by atoms with Crippen LogP contribution in [-0.2, 0) is 17.8 Å². The number of ether oxygens (including phenoxy) is 1. The predicted octanol–water partition coefficient (Wildman–Crippen LogP) is 3.13. The minimum atomic E-state index is -0.928. The smallest absolute Gasteiger partial charge is 0.282 e. The fourth-order valence-corrected chi connectivity index (χ4v) is 4.96. The van der Waals surface area contributed by atoms with Gasteiger partial charge in [-0.2, -0.15) is 5.10 Å². The second-order valence-corrected chi connectivity index (χ2v) is 9.75. The number of amides is 2. The van der Waals surface area contributed by atoms with E-state index in [0.29, 0.717) is 40.4 Å². The van der Waals surface area contributed by atoms with Gasteiger partial charge in [0, 0.05) is 25.2 Å². The number of alkyl halides is 1. The van der Waals surface area contributed by atoms with Crippen LogP contribution in [0.15, 0.2) is 60.8 Å². The normalized spacial score (nSPS) is 14.7. The number of benzene rings is 1. The maximum absolute atomic E-state index is 12.5. The molecule has 39 heavy (non-hydrogen) atoms. The van der Waals surface area contributed by atoms with Gasteiger partial charge in [0.1, 0.15) is 5.75 Å². The molecule has 1 aliphatic heterocycles. The van der Waals surface area contributed by atoms with Gasteiger partial charge in [-0.3, -0.25) is 14.6 Å². The van der Waals surface area contributed by atoms with Gasteiger partial charge in [-0.25, -0.2) is 4.39 Å². The fraction of sp³-hybridized carbons (Fsp3) is 0.269. The second kappa shape index (κ2) is 12.3. The quantitative estimate of drug-likeness (QED) is 0.306. The molecule has 0 saturated carbocycles. The number of nitrogens with zero attached hydrogens (tertiary/aromatic N) is 6. The lowest BCUT2D eigenvalue weighted by Gasteiger charge is -2.14. The van der Waals surface area contributed by atoms with E-state index in [0.717, 1.165) is 24.4 Å². The number of halogens is 1. The van der Waals surface area contributed by atoms with Gasteiger partial charge in [0.25, 0.3) is 5.91 Å². The average molecular weight is 549 g/mol. The summed E-state index contributed by atoms with van der Waals surface area (Å²) in [5.41, 5.74) is 2.27. The fourth-order valence-electron chi connectivity index (χ4n) is 4.17. The number of pyridine rings is 1. The van der Waals surface area contributed by atoms with Gasteiger partial charge < -0.3 is 20.3 Å². The molecule has 1 saturated heterocycles. The Kier molecular flexibility index (Phi) is 8.26. The first-order valence-corrected chi connectivity index (χ1v) is 13.1. The van der Waals surface area contributed by atoms with Crippen molar-refractivity contribution in [3.8, 4) is 5.75 Å². The van der Waals surface area contributed by atoms with Crippen LogP contribution in [0.2, 0.25) is 0 Å². The highest BCUT2D eigenvalue weighted by Gasteiger charge is 2.28. The van der Waals surface area contributed by atoms with Gasteiger partial charge in [-0.15, -0.1) is 15.3 Å². The number of rotatable bonds is 10. The molecule has 5 rings (SSSR count). The SMILES string of the molecule is O=C(Cc1cccc(OCF)c1)Nc1ccc(C2CCN(c3nnc(C(=O)NCc4ccccn4)s3)C2)nn1. The van der Waals surface area contributed by atoms with E-state index < -0.39 is 6.86 Å². The lowest BCUT2D eigenvalue weighted by Crippen LogP contribution is -2.23. The zero-order chi connectivity index (χ0) is 27.0. The molecule has 2 N–H and O–H groups in total.